The lowest BCUT2D eigenvalue weighted by Gasteiger charge is -2.06. The molecule has 0 bridgehead atoms. The molecule has 0 amide bonds. The maximum Gasteiger partial charge on any atom is 0.119 e. The van der Waals surface area contributed by atoms with E-state index in [2.05, 4.69) is 24.3 Å². The molecule has 2 aromatic rings. The predicted molar refractivity (Wildman–Crippen MR) is 81.6 cm³/mol. The van der Waals surface area contributed by atoms with Crippen LogP contribution >= 0.6 is 11.8 Å². The highest BCUT2D eigenvalue weighted by atomic mass is 32.2. The topological polar surface area (TPSA) is 35.2 Å². The molecule has 2 rings (SSSR count). The molecule has 2 aromatic carbocycles. The highest BCUT2D eigenvalue weighted by Gasteiger charge is 1.96. The lowest BCUT2D eigenvalue weighted by atomic mass is 10.2. The summed E-state index contributed by atoms with van der Waals surface area (Å²) in [7, 11) is 0. The Morgan fingerprint density at radius 1 is 0.947 bits per heavy atom. The summed E-state index contributed by atoms with van der Waals surface area (Å²) in [5.74, 6) is 2.01. The average molecular weight is 273 g/mol. The van der Waals surface area contributed by atoms with Crippen molar-refractivity contribution < 1.29 is 4.74 Å². The molecule has 19 heavy (non-hydrogen) atoms. The first kappa shape index (κ1) is 14.0. The van der Waals surface area contributed by atoms with E-state index < -0.39 is 0 Å². The van der Waals surface area contributed by atoms with Crippen LogP contribution in [0.15, 0.2) is 59.5 Å². The Morgan fingerprint density at radius 3 is 2.37 bits per heavy atom. The zero-order chi connectivity index (χ0) is 13.3. The van der Waals surface area contributed by atoms with E-state index in [-0.39, 0.29) is 0 Å². The number of para-hydroxylation sites is 1. The molecular weight excluding hydrogens is 254 g/mol. The predicted octanol–water partition coefficient (Wildman–Crippen LogP) is 3.71. The Hall–Kier alpha value is -1.45. The lowest BCUT2D eigenvalue weighted by Crippen LogP contribution is -1.98. The van der Waals surface area contributed by atoms with Gasteiger partial charge in [0.25, 0.3) is 0 Å². The molecule has 0 saturated carbocycles. The van der Waals surface area contributed by atoms with Crippen molar-refractivity contribution in [1.29, 1.82) is 0 Å². The van der Waals surface area contributed by atoms with Crippen LogP contribution in [-0.2, 0) is 6.54 Å². The molecule has 0 aliphatic heterocycles. The smallest absolute Gasteiger partial charge is 0.119 e. The zero-order valence-corrected chi connectivity index (χ0v) is 11.7. The number of hydrogen-bond donors (Lipinski definition) is 1. The summed E-state index contributed by atoms with van der Waals surface area (Å²) < 4.78 is 5.65. The first-order chi connectivity index (χ1) is 9.38. The molecule has 0 fully saturated rings. The molecule has 0 radical (unpaired) electrons. The van der Waals surface area contributed by atoms with Crippen LogP contribution in [0.2, 0.25) is 0 Å². The molecule has 2 nitrogen and oxygen atoms in total. The van der Waals surface area contributed by atoms with Gasteiger partial charge in [0, 0.05) is 17.2 Å². The molecule has 2 N–H and O–H groups in total. The van der Waals surface area contributed by atoms with E-state index in [1.165, 1.54) is 10.5 Å². The third kappa shape index (κ3) is 4.97. The van der Waals surface area contributed by atoms with Crippen LogP contribution in [-0.4, -0.2) is 12.4 Å². The van der Waals surface area contributed by atoms with Gasteiger partial charge in [0.05, 0.1) is 6.61 Å². The van der Waals surface area contributed by atoms with E-state index in [0.717, 1.165) is 24.5 Å². The SMILES string of the molecule is NCc1ccc(SCCCOc2ccccc2)cc1. The van der Waals surface area contributed by atoms with Crippen LogP contribution in [0.4, 0.5) is 0 Å². The second kappa shape index (κ2) is 7.87. The van der Waals surface area contributed by atoms with E-state index in [9.17, 15) is 0 Å². The number of thioether (sulfide) groups is 1. The fraction of sp³-hybridized carbons (Fsp3) is 0.250. The van der Waals surface area contributed by atoms with Crippen LogP contribution in [0.5, 0.6) is 5.75 Å². The third-order valence-corrected chi connectivity index (χ3v) is 3.83. The molecule has 3 heteroatoms. The molecule has 0 unspecified atom stereocenters. The van der Waals surface area contributed by atoms with Gasteiger partial charge in [0.15, 0.2) is 0 Å². The Morgan fingerprint density at radius 2 is 1.68 bits per heavy atom. The minimum absolute atomic E-state index is 0.607. The summed E-state index contributed by atoms with van der Waals surface area (Å²) in [6.45, 7) is 1.37. The van der Waals surface area contributed by atoms with Gasteiger partial charge in [-0.05, 0) is 36.2 Å². The largest absolute Gasteiger partial charge is 0.494 e. The second-order valence-electron chi connectivity index (χ2n) is 4.21. The van der Waals surface area contributed by atoms with E-state index >= 15 is 0 Å². The van der Waals surface area contributed by atoms with E-state index in [1.807, 2.05) is 42.1 Å². The molecule has 0 aromatic heterocycles. The highest BCUT2D eigenvalue weighted by molar-refractivity contribution is 7.99. The Labute approximate surface area is 119 Å². The maximum absolute atomic E-state index is 5.65. The van der Waals surface area contributed by atoms with E-state index in [0.29, 0.717) is 6.54 Å². The summed E-state index contributed by atoms with van der Waals surface area (Å²) in [6.07, 6.45) is 1.04. The monoisotopic (exact) mass is 273 g/mol. The van der Waals surface area contributed by atoms with Crippen molar-refractivity contribution in [1.82, 2.24) is 0 Å². The summed E-state index contributed by atoms with van der Waals surface area (Å²) >= 11 is 1.85. The van der Waals surface area contributed by atoms with Gasteiger partial charge in [-0.2, -0.15) is 0 Å². The molecule has 100 valence electrons. The van der Waals surface area contributed by atoms with Crippen molar-refractivity contribution in [2.24, 2.45) is 5.73 Å². The van der Waals surface area contributed by atoms with Crippen molar-refractivity contribution in [2.45, 2.75) is 17.9 Å². The van der Waals surface area contributed by atoms with Crippen LogP contribution in [0.1, 0.15) is 12.0 Å². The Kier molecular flexibility index (Phi) is 5.79. The highest BCUT2D eigenvalue weighted by Crippen LogP contribution is 2.19. The van der Waals surface area contributed by atoms with Gasteiger partial charge >= 0.3 is 0 Å². The quantitative estimate of drug-likeness (QED) is 0.617. The molecule has 0 atom stereocenters. The minimum Gasteiger partial charge on any atom is -0.494 e. The molecule has 0 aliphatic rings. The molecule has 0 heterocycles. The number of nitrogens with two attached hydrogens (primary N) is 1. The van der Waals surface area contributed by atoms with Crippen molar-refractivity contribution in [3.05, 3.63) is 60.2 Å². The summed E-state index contributed by atoms with van der Waals surface area (Å²) in [5.41, 5.74) is 6.75. The summed E-state index contributed by atoms with van der Waals surface area (Å²) in [6, 6.07) is 18.4. The molecule has 0 aliphatic carbocycles. The van der Waals surface area contributed by atoms with Gasteiger partial charge in [-0.25, -0.2) is 0 Å². The van der Waals surface area contributed by atoms with Crippen LogP contribution in [0.3, 0.4) is 0 Å². The normalized spacial score (nSPS) is 10.4. The third-order valence-electron chi connectivity index (χ3n) is 2.73. The maximum atomic E-state index is 5.65. The van der Waals surface area contributed by atoms with Gasteiger partial charge in [-0.1, -0.05) is 30.3 Å². The van der Waals surface area contributed by atoms with E-state index in [1.54, 1.807) is 0 Å². The van der Waals surface area contributed by atoms with Crippen molar-refractivity contribution in [2.75, 3.05) is 12.4 Å². The van der Waals surface area contributed by atoms with Gasteiger partial charge in [-0.15, -0.1) is 11.8 Å². The summed E-state index contributed by atoms with van der Waals surface area (Å²) in [4.78, 5) is 1.29. The number of benzene rings is 2. The van der Waals surface area contributed by atoms with Gasteiger partial charge in [0.1, 0.15) is 5.75 Å². The van der Waals surface area contributed by atoms with Crippen LogP contribution in [0.25, 0.3) is 0 Å². The fourth-order valence-electron chi connectivity index (χ4n) is 1.68. The van der Waals surface area contributed by atoms with Crippen molar-refractivity contribution in [3.63, 3.8) is 0 Å². The minimum atomic E-state index is 0.607. The van der Waals surface area contributed by atoms with Crippen LogP contribution < -0.4 is 10.5 Å². The molecule has 0 saturated heterocycles. The zero-order valence-electron chi connectivity index (χ0n) is 10.9. The van der Waals surface area contributed by atoms with Crippen molar-refractivity contribution >= 4 is 11.8 Å². The second-order valence-corrected chi connectivity index (χ2v) is 5.38. The lowest BCUT2D eigenvalue weighted by molar-refractivity contribution is 0.319. The average Bonchev–Trinajstić information content (AvgIpc) is 2.49. The number of hydrogen-bond acceptors (Lipinski definition) is 3. The van der Waals surface area contributed by atoms with Crippen LogP contribution in [0, 0.1) is 0 Å². The van der Waals surface area contributed by atoms with Crippen molar-refractivity contribution in [3.8, 4) is 5.75 Å². The number of rotatable bonds is 7. The first-order valence-corrected chi connectivity index (χ1v) is 7.47. The summed E-state index contributed by atoms with van der Waals surface area (Å²) in [5, 5.41) is 0. The van der Waals surface area contributed by atoms with Gasteiger partial charge < -0.3 is 10.5 Å². The van der Waals surface area contributed by atoms with E-state index in [4.69, 9.17) is 10.5 Å². The van der Waals surface area contributed by atoms with Gasteiger partial charge in [0.2, 0.25) is 0 Å². The Bertz CT molecular complexity index is 470. The molecular formula is C16H19NOS. The number of ether oxygens (including phenoxy) is 1. The Balaban J connectivity index is 1.63. The van der Waals surface area contributed by atoms with Gasteiger partial charge in [-0.3, -0.25) is 0 Å². The first-order valence-electron chi connectivity index (χ1n) is 6.48. The standard InChI is InChI=1S/C16H19NOS/c17-13-14-7-9-16(10-8-14)19-12-4-11-18-15-5-2-1-3-6-15/h1-3,5-10H,4,11-13,17H2. The fourth-order valence-corrected chi connectivity index (χ4v) is 2.50. The molecule has 0 spiro atoms.